The third kappa shape index (κ3) is 4.81. The fourth-order valence-electron chi connectivity index (χ4n) is 2.03. The lowest BCUT2D eigenvalue weighted by Crippen LogP contribution is -2.07. The molecule has 2 aromatic rings. The molecule has 0 fully saturated rings. The molecule has 118 valence electrons. The van der Waals surface area contributed by atoms with Gasteiger partial charge in [-0.15, -0.1) is 0 Å². The Morgan fingerprint density at radius 1 is 1.04 bits per heavy atom. The quantitative estimate of drug-likeness (QED) is 0.446. The Kier molecular flexibility index (Phi) is 5.69. The summed E-state index contributed by atoms with van der Waals surface area (Å²) >= 11 is 0. The highest BCUT2D eigenvalue weighted by Crippen LogP contribution is 2.22. The fraction of sp³-hybridized carbons (Fsp3) is 0.158. The minimum absolute atomic E-state index is 0.336. The second kappa shape index (κ2) is 7.94. The molecule has 0 atom stereocenters. The van der Waals surface area contributed by atoms with Gasteiger partial charge in [-0.3, -0.25) is 4.79 Å². The Balaban J connectivity index is 1.95. The maximum absolute atomic E-state index is 11.3. The molecule has 0 aliphatic rings. The van der Waals surface area contributed by atoms with Gasteiger partial charge in [0.1, 0.15) is 5.75 Å². The molecule has 0 unspecified atom stereocenters. The summed E-state index contributed by atoms with van der Waals surface area (Å²) in [5.41, 5.74) is 3.58. The number of carbonyl (C=O) groups is 2. The second-order valence-electron chi connectivity index (χ2n) is 5.10. The number of rotatable bonds is 7. The Morgan fingerprint density at radius 3 is 2.13 bits per heavy atom. The molecular weight excluding hydrogens is 292 g/mol. The van der Waals surface area contributed by atoms with Gasteiger partial charge in [0.05, 0.1) is 6.61 Å². The van der Waals surface area contributed by atoms with Gasteiger partial charge in [-0.1, -0.05) is 43.0 Å². The first-order valence-electron chi connectivity index (χ1n) is 7.22. The average molecular weight is 310 g/mol. The molecule has 0 spiro atoms. The van der Waals surface area contributed by atoms with E-state index in [-0.39, 0.29) is 5.97 Å². The van der Waals surface area contributed by atoms with Crippen LogP contribution in [0.25, 0.3) is 11.1 Å². The van der Waals surface area contributed by atoms with Gasteiger partial charge in [0, 0.05) is 12.0 Å². The molecule has 0 saturated carbocycles. The second-order valence-corrected chi connectivity index (χ2v) is 5.10. The molecule has 0 radical (unpaired) electrons. The molecule has 0 aromatic heterocycles. The summed E-state index contributed by atoms with van der Waals surface area (Å²) in [5, 5.41) is 0. The van der Waals surface area contributed by atoms with Gasteiger partial charge in [-0.05, 0) is 35.7 Å². The van der Waals surface area contributed by atoms with Crippen molar-refractivity contribution in [2.45, 2.75) is 13.3 Å². The molecule has 2 aromatic carbocycles. The molecule has 0 aliphatic carbocycles. The summed E-state index contributed by atoms with van der Waals surface area (Å²) in [5.74, 6) is 0.152. The predicted octanol–water partition coefficient (Wildman–Crippen LogP) is 3.55. The van der Waals surface area contributed by atoms with Gasteiger partial charge in [0.25, 0.3) is 6.47 Å². The summed E-state index contributed by atoms with van der Waals surface area (Å²) in [6.07, 6.45) is 0.658. The van der Waals surface area contributed by atoms with Crippen molar-refractivity contribution in [3.8, 4) is 16.9 Å². The van der Waals surface area contributed by atoms with Crippen LogP contribution in [0.15, 0.2) is 60.7 Å². The van der Waals surface area contributed by atoms with E-state index < -0.39 is 0 Å². The molecular formula is C19H18O4. The lowest BCUT2D eigenvalue weighted by atomic mass is 10.0. The summed E-state index contributed by atoms with van der Waals surface area (Å²) in [4.78, 5) is 21.6. The van der Waals surface area contributed by atoms with Crippen molar-refractivity contribution in [1.29, 1.82) is 0 Å². The number of hydrogen-bond acceptors (Lipinski definition) is 4. The number of hydrogen-bond donors (Lipinski definition) is 0. The van der Waals surface area contributed by atoms with E-state index >= 15 is 0 Å². The van der Waals surface area contributed by atoms with Crippen molar-refractivity contribution >= 4 is 12.4 Å². The zero-order valence-electron chi connectivity index (χ0n) is 13.0. The number of carbonyl (C=O) groups excluding carboxylic acids is 2. The minimum Gasteiger partial charge on any atom is -0.462 e. The van der Waals surface area contributed by atoms with Gasteiger partial charge < -0.3 is 9.47 Å². The summed E-state index contributed by atoms with van der Waals surface area (Å²) in [6, 6.07) is 15.3. The minimum atomic E-state index is -0.362. The molecule has 0 bridgehead atoms. The Bertz CT molecular complexity index is 684. The number of ether oxygens (including phenoxy) is 2. The Hall–Kier alpha value is -2.88. The van der Waals surface area contributed by atoms with Crippen molar-refractivity contribution in [2.24, 2.45) is 0 Å². The third-order valence-electron chi connectivity index (χ3n) is 3.30. The normalized spacial score (nSPS) is 9.96. The van der Waals surface area contributed by atoms with Crippen LogP contribution in [0.2, 0.25) is 0 Å². The van der Waals surface area contributed by atoms with Crippen LogP contribution >= 0.6 is 0 Å². The predicted molar refractivity (Wildman–Crippen MR) is 88.0 cm³/mol. The molecule has 2 rings (SSSR count). The Morgan fingerprint density at radius 2 is 1.61 bits per heavy atom. The van der Waals surface area contributed by atoms with Crippen molar-refractivity contribution in [3.05, 3.63) is 66.2 Å². The summed E-state index contributed by atoms with van der Waals surface area (Å²) in [7, 11) is 0. The van der Waals surface area contributed by atoms with E-state index in [4.69, 9.17) is 9.47 Å². The topological polar surface area (TPSA) is 52.6 Å². The highest BCUT2D eigenvalue weighted by molar-refractivity contribution is 5.86. The molecule has 4 heteroatoms. The maximum atomic E-state index is 11.3. The molecule has 0 heterocycles. The van der Waals surface area contributed by atoms with E-state index in [2.05, 4.69) is 6.58 Å². The monoisotopic (exact) mass is 310 g/mol. The van der Waals surface area contributed by atoms with Gasteiger partial charge in [0.15, 0.2) is 0 Å². The van der Waals surface area contributed by atoms with E-state index in [1.807, 2.05) is 36.4 Å². The lowest BCUT2D eigenvalue weighted by molar-refractivity contribution is -0.138. The first kappa shape index (κ1) is 16.5. The zero-order chi connectivity index (χ0) is 16.7. The van der Waals surface area contributed by atoms with E-state index in [0.717, 1.165) is 16.7 Å². The Labute approximate surface area is 135 Å². The van der Waals surface area contributed by atoms with Gasteiger partial charge in [-0.2, -0.15) is 0 Å². The first-order chi connectivity index (χ1) is 11.1. The van der Waals surface area contributed by atoms with Gasteiger partial charge in [0.2, 0.25) is 0 Å². The molecule has 0 aliphatic heterocycles. The van der Waals surface area contributed by atoms with Crippen LogP contribution in [0.5, 0.6) is 5.75 Å². The largest absolute Gasteiger partial charge is 0.462 e. The van der Waals surface area contributed by atoms with Crippen molar-refractivity contribution in [2.75, 3.05) is 6.61 Å². The van der Waals surface area contributed by atoms with Crippen LogP contribution in [-0.2, 0) is 20.7 Å². The molecule has 4 nitrogen and oxygen atoms in total. The summed E-state index contributed by atoms with van der Waals surface area (Å²) in [6.45, 7) is 5.91. The van der Waals surface area contributed by atoms with Crippen molar-refractivity contribution in [3.63, 3.8) is 0 Å². The molecule has 0 saturated heterocycles. The average Bonchev–Trinajstić information content (AvgIpc) is 2.56. The van der Waals surface area contributed by atoms with E-state index in [0.29, 0.717) is 30.8 Å². The maximum Gasteiger partial charge on any atom is 0.333 e. The van der Waals surface area contributed by atoms with Crippen molar-refractivity contribution < 1.29 is 19.1 Å². The SMILES string of the molecule is C=C(C)C(=O)OCCc1ccc(-c2ccc(OC=O)cc2)cc1. The van der Waals surface area contributed by atoms with E-state index in [1.165, 1.54) is 0 Å². The first-order valence-corrected chi connectivity index (χ1v) is 7.22. The van der Waals surface area contributed by atoms with Crippen LogP contribution in [0.1, 0.15) is 12.5 Å². The van der Waals surface area contributed by atoms with Crippen LogP contribution in [0.3, 0.4) is 0 Å². The third-order valence-corrected chi connectivity index (χ3v) is 3.30. The van der Waals surface area contributed by atoms with Crippen LogP contribution in [-0.4, -0.2) is 19.0 Å². The fourth-order valence-corrected chi connectivity index (χ4v) is 2.03. The zero-order valence-corrected chi connectivity index (χ0v) is 13.0. The van der Waals surface area contributed by atoms with Crippen LogP contribution < -0.4 is 4.74 Å². The van der Waals surface area contributed by atoms with E-state index in [1.54, 1.807) is 19.1 Å². The smallest absolute Gasteiger partial charge is 0.333 e. The van der Waals surface area contributed by atoms with Gasteiger partial charge in [-0.25, -0.2) is 4.79 Å². The highest BCUT2D eigenvalue weighted by atomic mass is 16.5. The summed E-state index contributed by atoms with van der Waals surface area (Å²) < 4.78 is 9.85. The number of esters is 1. The molecule has 23 heavy (non-hydrogen) atoms. The van der Waals surface area contributed by atoms with Crippen molar-refractivity contribution in [1.82, 2.24) is 0 Å². The van der Waals surface area contributed by atoms with Crippen LogP contribution in [0, 0.1) is 0 Å². The standard InChI is InChI=1S/C19H18O4/c1-14(2)19(21)22-12-11-15-3-5-16(6-4-15)17-7-9-18(10-8-17)23-13-20/h3-10,13H,1,11-12H2,2H3. The molecule has 0 N–H and O–H groups in total. The lowest BCUT2D eigenvalue weighted by Gasteiger charge is -2.06. The number of benzene rings is 2. The van der Waals surface area contributed by atoms with Crippen LogP contribution in [0.4, 0.5) is 0 Å². The highest BCUT2D eigenvalue weighted by Gasteiger charge is 2.03. The van der Waals surface area contributed by atoms with E-state index in [9.17, 15) is 9.59 Å². The molecule has 0 amide bonds. The van der Waals surface area contributed by atoms with Gasteiger partial charge >= 0.3 is 5.97 Å².